The highest BCUT2D eigenvalue weighted by molar-refractivity contribution is 5.98. The Morgan fingerprint density at radius 2 is 1.62 bits per heavy atom. The van der Waals surface area contributed by atoms with E-state index in [1.807, 2.05) is 71.0 Å². The van der Waals surface area contributed by atoms with Gasteiger partial charge in [-0.1, -0.05) is 24.3 Å². The van der Waals surface area contributed by atoms with E-state index in [0.29, 0.717) is 41.9 Å². The summed E-state index contributed by atoms with van der Waals surface area (Å²) in [5.41, 5.74) is 3.50. The number of dihydropyridines is 1. The Kier molecular flexibility index (Phi) is 13.5. The lowest BCUT2D eigenvalue weighted by molar-refractivity contribution is -0.148. The second kappa shape index (κ2) is 15.5. The third-order valence-corrected chi connectivity index (χ3v) is 5.79. The molecule has 1 aromatic carbocycles. The van der Waals surface area contributed by atoms with E-state index in [0.717, 1.165) is 11.1 Å². The quantitative estimate of drug-likeness (QED) is 0.246. The third-order valence-electron chi connectivity index (χ3n) is 5.79. The van der Waals surface area contributed by atoms with Gasteiger partial charge >= 0.3 is 19.3 Å². The SMILES string of the molecule is CCOC(=O)C1=C(C)NC(CN(C)C)=C(C(=O)OCC)C1CCc1ccccc1/C=C/C(=O)OC(C)(C)C.[Cl-].[H+]. The van der Waals surface area contributed by atoms with Crippen molar-refractivity contribution in [1.29, 1.82) is 0 Å². The zero-order valence-electron chi connectivity index (χ0n) is 25.4. The van der Waals surface area contributed by atoms with Crippen molar-refractivity contribution in [1.82, 2.24) is 10.2 Å². The second-order valence-corrected chi connectivity index (χ2v) is 10.4. The smallest absolute Gasteiger partial charge is 1.00 e. The molecule has 9 heteroatoms. The topological polar surface area (TPSA) is 94.2 Å². The molecule has 0 radical (unpaired) electrons. The summed E-state index contributed by atoms with van der Waals surface area (Å²) in [6, 6.07) is 7.72. The number of carbonyl (C=O) groups excluding carboxylic acids is 3. The predicted molar refractivity (Wildman–Crippen MR) is 149 cm³/mol. The van der Waals surface area contributed by atoms with Crippen LogP contribution >= 0.6 is 0 Å². The number of hydrogen-bond donors (Lipinski definition) is 1. The number of rotatable bonds is 11. The highest BCUT2D eigenvalue weighted by atomic mass is 35.5. The molecule has 0 aromatic heterocycles. The standard InChI is InChI=1S/C30H42N2O6.ClH/c1-9-36-28(34)26-20(3)31-24(19-32(7)8)27(29(35)37-10-2)23(26)17-15-21-13-11-12-14-22(21)16-18-25(33)38-30(4,5)6;/h11-14,16,18,23,31H,9-10,15,17,19H2,1-8H3;1H/b18-16+;. The monoisotopic (exact) mass is 562 g/mol. The van der Waals surface area contributed by atoms with Crippen LogP contribution in [0, 0.1) is 5.92 Å². The summed E-state index contributed by atoms with van der Waals surface area (Å²) >= 11 is 0. The van der Waals surface area contributed by atoms with Crippen molar-refractivity contribution in [3.05, 3.63) is 64.0 Å². The number of carbonyl (C=O) groups is 3. The van der Waals surface area contributed by atoms with Gasteiger partial charge in [-0.25, -0.2) is 14.4 Å². The van der Waals surface area contributed by atoms with E-state index < -0.39 is 29.4 Å². The third kappa shape index (κ3) is 10.2. The minimum atomic E-state index is -0.580. The summed E-state index contributed by atoms with van der Waals surface area (Å²) in [6.45, 7) is 11.7. The van der Waals surface area contributed by atoms with Gasteiger partial charge < -0.3 is 36.8 Å². The van der Waals surface area contributed by atoms with E-state index in [1.54, 1.807) is 19.9 Å². The molecule has 0 saturated heterocycles. The van der Waals surface area contributed by atoms with Crippen LogP contribution in [0.5, 0.6) is 0 Å². The first-order chi connectivity index (χ1) is 17.9. The first-order valence-corrected chi connectivity index (χ1v) is 13.1. The van der Waals surface area contributed by atoms with Gasteiger partial charge in [0.25, 0.3) is 0 Å². The van der Waals surface area contributed by atoms with Crippen molar-refractivity contribution in [3.63, 3.8) is 0 Å². The van der Waals surface area contributed by atoms with E-state index in [-0.39, 0.29) is 27.0 Å². The summed E-state index contributed by atoms with van der Waals surface area (Å²) in [6.07, 6.45) is 4.17. The van der Waals surface area contributed by atoms with Crippen LogP contribution in [-0.2, 0) is 35.0 Å². The number of nitrogens with one attached hydrogen (secondary N) is 1. The van der Waals surface area contributed by atoms with E-state index in [2.05, 4.69) is 5.32 Å². The van der Waals surface area contributed by atoms with Gasteiger partial charge in [0.1, 0.15) is 5.60 Å². The molecule has 1 N–H and O–H groups in total. The van der Waals surface area contributed by atoms with Crippen LogP contribution in [0.2, 0.25) is 0 Å². The number of likely N-dealkylation sites (N-methyl/N-ethyl adjacent to an activating group) is 1. The van der Waals surface area contributed by atoms with Gasteiger partial charge in [-0.05, 0) is 85.7 Å². The molecule has 1 atom stereocenters. The van der Waals surface area contributed by atoms with Gasteiger partial charge in [-0.15, -0.1) is 0 Å². The minimum Gasteiger partial charge on any atom is -1.00 e. The molecule has 0 aliphatic carbocycles. The molecule has 0 amide bonds. The molecule has 8 nitrogen and oxygen atoms in total. The Labute approximate surface area is 240 Å². The molecule has 2 rings (SSSR count). The zero-order chi connectivity index (χ0) is 28.5. The lowest BCUT2D eigenvalue weighted by atomic mass is 9.80. The van der Waals surface area contributed by atoms with Crippen molar-refractivity contribution in [2.24, 2.45) is 5.92 Å². The van der Waals surface area contributed by atoms with Crippen molar-refractivity contribution in [2.45, 2.75) is 60.0 Å². The fourth-order valence-electron chi connectivity index (χ4n) is 4.40. The summed E-state index contributed by atoms with van der Waals surface area (Å²) < 4.78 is 16.2. The Balaban J connectivity index is 0.00000760. The van der Waals surface area contributed by atoms with Crippen LogP contribution in [0.15, 0.2) is 52.9 Å². The number of esters is 3. The maximum absolute atomic E-state index is 13.2. The normalized spacial score (nSPS) is 15.7. The predicted octanol–water partition coefficient (Wildman–Crippen LogP) is 1.53. The highest BCUT2D eigenvalue weighted by Gasteiger charge is 2.37. The Morgan fingerprint density at radius 1 is 1.03 bits per heavy atom. The van der Waals surface area contributed by atoms with Gasteiger partial charge in [0.05, 0.1) is 24.4 Å². The number of nitrogens with zero attached hydrogens (tertiary/aromatic N) is 1. The van der Waals surface area contributed by atoms with Gasteiger partial charge in [-0.2, -0.15) is 0 Å². The van der Waals surface area contributed by atoms with Crippen molar-refractivity contribution in [2.75, 3.05) is 33.9 Å². The minimum absolute atomic E-state index is 0. The van der Waals surface area contributed by atoms with Gasteiger partial charge in [0.2, 0.25) is 0 Å². The van der Waals surface area contributed by atoms with Gasteiger partial charge in [0.15, 0.2) is 0 Å². The lowest BCUT2D eigenvalue weighted by Crippen LogP contribution is -3.00. The molecule has 39 heavy (non-hydrogen) atoms. The lowest BCUT2D eigenvalue weighted by Gasteiger charge is -2.32. The summed E-state index contributed by atoms with van der Waals surface area (Å²) in [4.78, 5) is 40.5. The second-order valence-electron chi connectivity index (χ2n) is 10.4. The first kappa shape index (κ1) is 33.9. The van der Waals surface area contributed by atoms with Crippen LogP contribution in [0.3, 0.4) is 0 Å². The van der Waals surface area contributed by atoms with Crippen molar-refractivity contribution < 1.29 is 42.4 Å². The fraction of sp³-hybridized carbons (Fsp3) is 0.500. The number of allylic oxidation sites excluding steroid dienone is 1. The first-order valence-electron chi connectivity index (χ1n) is 13.1. The Morgan fingerprint density at radius 3 is 2.18 bits per heavy atom. The molecule has 0 fully saturated rings. The highest BCUT2D eigenvalue weighted by Crippen LogP contribution is 2.35. The molecule has 1 unspecified atom stereocenters. The van der Waals surface area contributed by atoms with E-state index in [9.17, 15) is 14.4 Å². The average molecular weight is 563 g/mol. The van der Waals surface area contributed by atoms with Crippen LogP contribution in [0.25, 0.3) is 6.08 Å². The molecular weight excluding hydrogens is 520 g/mol. The molecule has 0 spiro atoms. The summed E-state index contributed by atoms with van der Waals surface area (Å²) in [5.74, 6) is -1.84. The number of aryl methyl sites for hydroxylation is 1. The Bertz CT molecular complexity index is 1120. The largest absolute Gasteiger partial charge is 1.00 e. The fourth-order valence-corrected chi connectivity index (χ4v) is 4.40. The maximum atomic E-state index is 13.2. The molecular formula is C30H43ClN2O6. The number of hydrogen-bond acceptors (Lipinski definition) is 8. The Hall–Kier alpha value is -3.10. The average Bonchev–Trinajstić information content (AvgIpc) is 2.80. The van der Waals surface area contributed by atoms with Crippen LogP contribution in [-0.4, -0.2) is 62.3 Å². The number of benzene rings is 1. The molecule has 1 aromatic rings. The van der Waals surface area contributed by atoms with Crippen molar-refractivity contribution >= 4 is 24.0 Å². The zero-order valence-corrected chi connectivity index (χ0v) is 25.1. The molecule has 0 saturated carbocycles. The number of halogens is 1. The maximum Gasteiger partial charge on any atom is 1.00 e. The van der Waals surface area contributed by atoms with Crippen LogP contribution in [0.4, 0.5) is 0 Å². The molecule has 1 heterocycles. The van der Waals surface area contributed by atoms with Crippen LogP contribution < -0.4 is 17.7 Å². The molecule has 0 bridgehead atoms. The summed E-state index contributed by atoms with van der Waals surface area (Å²) in [7, 11) is 3.83. The van der Waals surface area contributed by atoms with E-state index >= 15 is 0 Å². The molecule has 1 aliphatic rings. The number of ether oxygens (including phenoxy) is 3. The van der Waals surface area contributed by atoms with Crippen LogP contribution in [0.1, 0.15) is 60.5 Å². The molecule has 216 valence electrons. The van der Waals surface area contributed by atoms with E-state index in [1.165, 1.54) is 6.08 Å². The van der Waals surface area contributed by atoms with Gasteiger partial charge in [-0.3, -0.25) is 0 Å². The summed E-state index contributed by atoms with van der Waals surface area (Å²) in [5, 5.41) is 3.27. The van der Waals surface area contributed by atoms with E-state index in [4.69, 9.17) is 14.2 Å². The van der Waals surface area contributed by atoms with Gasteiger partial charge in [0, 0.05) is 29.9 Å². The van der Waals surface area contributed by atoms with Crippen molar-refractivity contribution in [3.8, 4) is 0 Å². The molecule has 1 aliphatic heterocycles.